The highest BCUT2D eigenvalue weighted by Crippen LogP contribution is 2.22. The molecule has 160 valence electrons. The molecule has 0 atom stereocenters. The molecule has 31 heavy (non-hydrogen) atoms. The van der Waals surface area contributed by atoms with Crippen LogP contribution in [0.2, 0.25) is 0 Å². The molecule has 1 fully saturated rings. The number of carbonyl (C=O) groups excluding carboxylic acids is 2. The van der Waals surface area contributed by atoms with Gasteiger partial charge in [0.15, 0.2) is 0 Å². The van der Waals surface area contributed by atoms with Crippen molar-refractivity contribution < 1.29 is 18.7 Å². The van der Waals surface area contributed by atoms with Gasteiger partial charge in [-0.2, -0.15) is 5.10 Å². The Kier molecular flexibility index (Phi) is 5.97. The summed E-state index contributed by atoms with van der Waals surface area (Å²) in [4.78, 5) is 28.8. The quantitative estimate of drug-likeness (QED) is 0.685. The minimum absolute atomic E-state index is 0.154. The van der Waals surface area contributed by atoms with E-state index >= 15 is 0 Å². The maximum absolute atomic E-state index is 13.1. The fraction of sp³-hybridized carbons (Fsp3) is 0.261. The minimum Gasteiger partial charge on any atom is -0.494 e. The van der Waals surface area contributed by atoms with E-state index in [1.807, 2.05) is 31.2 Å². The van der Waals surface area contributed by atoms with Crippen LogP contribution in [0.15, 0.2) is 54.6 Å². The lowest BCUT2D eigenvalue weighted by atomic mass is 10.1. The summed E-state index contributed by atoms with van der Waals surface area (Å²) in [5.74, 6) is 0.0901. The highest BCUT2D eigenvalue weighted by Gasteiger charge is 2.26. The number of hydrogen-bond donors (Lipinski definition) is 1. The number of benzene rings is 2. The molecule has 8 heteroatoms. The molecule has 3 aromatic rings. The van der Waals surface area contributed by atoms with E-state index in [9.17, 15) is 14.0 Å². The number of hydrogen-bond acceptors (Lipinski definition) is 4. The summed E-state index contributed by atoms with van der Waals surface area (Å²) < 4.78 is 18.5. The summed E-state index contributed by atoms with van der Waals surface area (Å²) in [7, 11) is 0. The Hall–Kier alpha value is -3.68. The van der Waals surface area contributed by atoms with E-state index in [2.05, 4.69) is 10.2 Å². The summed E-state index contributed by atoms with van der Waals surface area (Å²) in [6, 6.07) is 14.8. The molecule has 1 aliphatic rings. The van der Waals surface area contributed by atoms with Crippen LogP contribution in [0.5, 0.6) is 5.75 Å². The largest absolute Gasteiger partial charge is 0.494 e. The van der Waals surface area contributed by atoms with Crippen molar-refractivity contribution in [3.63, 3.8) is 0 Å². The summed E-state index contributed by atoms with van der Waals surface area (Å²) in [5, 5.41) is 7.08. The third-order valence-electron chi connectivity index (χ3n) is 5.21. The normalized spacial score (nSPS) is 13.9. The Bertz CT molecular complexity index is 1060. The molecule has 4 rings (SSSR count). The van der Waals surface area contributed by atoms with Gasteiger partial charge in [-0.25, -0.2) is 4.39 Å². The lowest BCUT2D eigenvalue weighted by molar-refractivity contribution is 0.0532. The zero-order chi connectivity index (χ0) is 21.8. The smallest absolute Gasteiger partial charge is 0.272 e. The number of halogens is 1. The maximum atomic E-state index is 13.1. The molecule has 0 unspecified atom stereocenters. The number of H-pyrrole nitrogens is 1. The minimum atomic E-state index is -0.379. The Morgan fingerprint density at radius 3 is 2.19 bits per heavy atom. The highest BCUT2D eigenvalue weighted by molar-refractivity contribution is 5.95. The topological polar surface area (TPSA) is 78.5 Å². The number of rotatable bonds is 5. The number of ether oxygens (including phenoxy) is 1. The Balaban J connectivity index is 1.36. The molecular weight excluding hydrogens is 399 g/mol. The maximum Gasteiger partial charge on any atom is 0.272 e. The standard InChI is InChI=1S/C23H23FN4O3/c1-2-31-19-9-5-16(6-10-19)20-15-21(26-25-20)23(30)28-13-11-27(12-14-28)22(29)17-3-7-18(24)8-4-17/h3-10,15H,2,11-14H2,1H3,(H,25,26). The van der Waals surface area contributed by atoms with Gasteiger partial charge in [0.1, 0.15) is 17.3 Å². The first-order valence-electron chi connectivity index (χ1n) is 10.2. The molecule has 0 spiro atoms. The first-order valence-corrected chi connectivity index (χ1v) is 10.2. The molecular formula is C23H23FN4O3. The van der Waals surface area contributed by atoms with Gasteiger partial charge >= 0.3 is 0 Å². The summed E-state index contributed by atoms with van der Waals surface area (Å²) in [6.07, 6.45) is 0. The van der Waals surface area contributed by atoms with Crippen LogP contribution in [0.25, 0.3) is 11.3 Å². The van der Waals surface area contributed by atoms with Gasteiger partial charge in [0, 0.05) is 37.3 Å². The van der Waals surface area contributed by atoms with Crippen molar-refractivity contribution in [3.05, 3.63) is 71.7 Å². The first-order chi connectivity index (χ1) is 15.0. The molecule has 1 aliphatic heterocycles. The van der Waals surface area contributed by atoms with Crippen LogP contribution >= 0.6 is 0 Å². The van der Waals surface area contributed by atoms with Crippen molar-refractivity contribution in [1.29, 1.82) is 0 Å². The number of aromatic nitrogens is 2. The number of aromatic amines is 1. The van der Waals surface area contributed by atoms with Crippen molar-refractivity contribution >= 4 is 11.8 Å². The molecule has 1 N–H and O–H groups in total. The van der Waals surface area contributed by atoms with Gasteiger partial charge in [-0.15, -0.1) is 0 Å². The van der Waals surface area contributed by atoms with Gasteiger partial charge < -0.3 is 14.5 Å². The van der Waals surface area contributed by atoms with Gasteiger partial charge in [0.25, 0.3) is 11.8 Å². The van der Waals surface area contributed by atoms with E-state index in [-0.39, 0.29) is 17.6 Å². The van der Waals surface area contributed by atoms with E-state index in [1.165, 1.54) is 24.3 Å². The molecule has 1 saturated heterocycles. The molecule has 2 aromatic carbocycles. The van der Waals surface area contributed by atoms with Crippen molar-refractivity contribution in [3.8, 4) is 17.0 Å². The van der Waals surface area contributed by atoms with Gasteiger partial charge in [-0.05, 0) is 61.5 Å². The Morgan fingerprint density at radius 1 is 0.968 bits per heavy atom. The van der Waals surface area contributed by atoms with Gasteiger partial charge in [0.2, 0.25) is 0 Å². The van der Waals surface area contributed by atoms with E-state index in [1.54, 1.807) is 15.9 Å². The van der Waals surface area contributed by atoms with Crippen molar-refractivity contribution in [2.45, 2.75) is 6.92 Å². The van der Waals surface area contributed by atoms with Crippen LogP contribution in [-0.2, 0) is 0 Å². The SMILES string of the molecule is CCOc1ccc(-c2cc(C(=O)N3CCN(C(=O)c4ccc(F)cc4)CC3)[nH]n2)cc1. The molecule has 2 amide bonds. The zero-order valence-corrected chi connectivity index (χ0v) is 17.2. The monoisotopic (exact) mass is 422 g/mol. The van der Waals surface area contributed by atoms with Gasteiger partial charge in [0.05, 0.1) is 12.3 Å². The third kappa shape index (κ3) is 4.58. The molecule has 0 saturated carbocycles. The number of nitrogens with one attached hydrogen (secondary N) is 1. The van der Waals surface area contributed by atoms with Crippen LogP contribution in [0.4, 0.5) is 4.39 Å². The lowest BCUT2D eigenvalue weighted by Gasteiger charge is -2.34. The predicted octanol–water partition coefficient (Wildman–Crippen LogP) is 3.21. The van der Waals surface area contributed by atoms with E-state index in [0.717, 1.165) is 11.3 Å². The van der Waals surface area contributed by atoms with Crippen LogP contribution in [0.3, 0.4) is 0 Å². The second kappa shape index (κ2) is 8.99. The fourth-order valence-electron chi connectivity index (χ4n) is 3.53. The zero-order valence-electron chi connectivity index (χ0n) is 17.2. The van der Waals surface area contributed by atoms with Crippen LogP contribution in [0.1, 0.15) is 27.8 Å². The summed E-state index contributed by atoms with van der Waals surface area (Å²) >= 11 is 0. The average Bonchev–Trinajstić information content (AvgIpc) is 3.30. The van der Waals surface area contributed by atoms with Crippen LogP contribution < -0.4 is 4.74 Å². The molecule has 2 heterocycles. The Labute approximate surface area is 179 Å². The summed E-state index contributed by atoms with van der Waals surface area (Å²) in [6.45, 7) is 4.21. The predicted molar refractivity (Wildman–Crippen MR) is 113 cm³/mol. The second-order valence-electron chi connectivity index (χ2n) is 7.22. The number of nitrogens with zero attached hydrogens (tertiary/aromatic N) is 3. The fourth-order valence-corrected chi connectivity index (χ4v) is 3.53. The second-order valence-corrected chi connectivity index (χ2v) is 7.22. The number of piperazine rings is 1. The molecule has 0 aliphatic carbocycles. The molecule has 0 radical (unpaired) electrons. The molecule has 0 bridgehead atoms. The van der Waals surface area contributed by atoms with E-state index in [0.29, 0.717) is 49.7 Å². The molecule has 7 nitrogen and oxygen atoms in total. The van der Waals surface area contributed by atoms with Gasteiger partial charge in [-0.1, -0.05) is 0 Å². The third-order valence-corrected chi connectivity index (χ3v) is 5.21. The van der Waals surface area contributed by atoms with Crippen LogP contribution in [-0.4, -0.2) is 64.6 Å². The lowest BCUT2D eigenvalue weighted by Crippen LogP contribution is -2.50. The van der Waals surface area contributed by atoms with Crippen molar-refractivity contribution in [2.75, 3.05) is 32.8 Å². The van der Waals surface area contributed by atoms with Crippen LogP contribution in [0, 0.1) is 5.82 Å². The van der Waals surface area contributed by atoms with Crippen molar-refractivity contribution in [1.82, 2.24) is 20.0 Å². The number of carbonyl (C=O) groups is 2. The van der Waals surface area contributed by atoms with Crippen molar-refractivity contribution in [2.24, 2.45) is 0 Å². The molecule has 1 aromatic heterocycles. The summed E-state index contributed by atoms with van der Waals surface area (Å²) in [5.41, 5.74) is 2.40. The van der Waals surface area contributed by atoms with Gasteiger partial charge in [-0.3, -0.25) is 14.7 Å². The van der Waals surface area contributed by atoms with E-state index < -0.39 is 0 Å². The average molecular weight is 422 g/mol. The number of amides is 2. The van der Waals surface area contributed by atoms with E-state index in [4.69, 9.17) is 4.74 Å². The first kappa shape index (κ1) is 20.6. The highest BCUT2D eigenvalue weighted by atomic mass is 19.1. The Morgan fingerprint density at radius 2 is 1.58 bits per heavy atom.